The summed E-state index contributed by atoms with van der Waals surface area (Å²) in [6.07, 6.45) is 10.1. The van der Waals surface area contributed by atoms with Crippen molar-refractivity contribution in [2.24, 2.45) is 16.7 Å². The average Bonchev–Trinajstić information content (AvgIpc) is 3.07. The van der Waals surface area contributed by atoms with Crippen LogP contribution in [-0.2, 0) is 4.74 Å². The second-order valence-corrected chi connectivity index (χ2v) is 10.7. The summed E-state index contributed by atoms with van der Waals surface area (Å²) >= 11 is 0. The quantitative estimate of drug-likeness (QED) is 0.588. The summed E-state index contributed by atoms with van der Waals surface area (Å²) in [4.78, 5) is 15.3. The normalized spacial score (nSPS) is 30.4. The van der Waals surface area contributed by atoms with Gasteiger partial charge in [-0.3, -0.25) is 0 Å². The van der Waals surface area contributed by atoms with Crippen LogP contribution in [0.25, 0.3) is 0 Å². The zero-order valence-electron chi connectivity index (χ0n) is 19.4. The van der Waals surface area contributed by atoms with Gasteiger partial charge in [0.1, 0.15) is 0 Å². The van der Waals surface area contributed by atoms with Gasteiger partial charge in [-0.2, -0.15) is 0 Å². The highest BCUT2D eigenvalue weighted by Crippen LogP contribution is 2.66. The number of fused-ring (bicyclic) bond motifs is 2. The van der Waals surface area contributed by atoms with Crippen LogP contribution in [-0.4, -0.2) is 36.2 Å². The standard InChI is InChI=1S/C26H40N2O2/c1-19-10-8-9-13-22(19)27-24(29)28(21-11-6-5-7-12-21)16-17-30-23-18-20-14-15-26(23,4)25(20,2)3/h8-10,13,20-21,23H,5-7,11-12,14-18H2,1-4H3,(H,27,29)/t20-,23+,26-/m1/s1. The first-order valence-corrected chi connectivity index (χ1v) is 12.1. The van der Waals surface area contributed by atoms with Gasteiger partial charge in [-0.05, 0) is 67.4 Å². The molecule has 4 rings (SSSR count). The van der Waals surface area contributed by atoms with Gasteiger partial charge >= 0.3 is 6.03 Å². The fourth-order valence-corrected chi connectivity index (χ4v) is 6.42. The van der Waals surface area contributed by atoms with Crippen LogP contribution in [0.5, 0.6) is 0 Å². The first-order valence-electron chi connectivity index (χ1n) is 12.1. The molecule has 0 aromatic heterocycles. The van der Waals surface area contributed by atoms with Gasteiger partial charge in [-0.1, -0.05) is 58.2 Å². The zero-order valence-corrected chi connectivity index (χ0v) is 19.4. The van der Waals surface area contributed by atoms with E-state index < -0.39 is 0 Å². The number of para-hydroxylation sites is 1. The Morgan fingerprint density at radius 1 is 1.13 bits per heavy atom. The second-order valence-electron chi connectivity index (χ2n) is 10.7. The first-order chi connectivity index (χ1) is 14.3. The summed E-state index contributed by atoms with van der Waals surface area (Å²) in [6, 6.07) is 8.38. The van der Waals surface area contributed by atoms with Crippen molar-refractivity contribution in [1.29, 1.82) is 0 Å². The number of carbonyl (C=O) groups excluding carboxylic acids is 1. The van der Waals surface area contributed by atoms with Crippen molar-refractivity contribution in [3.63, 3.8) is 0 Å². The molecule has 3 fully saturated rings. The Kier molecular flexibility index (Phi) is 6.16. The summed E-state index contributed by atoms with van der Waals surface area (Å²) in [5.41, 5.74) is 2.65. The molecule has 0 aliphatic heterocycles. The number of nitrogens with one attached hydrogen (secondary N) is 1. The van der Waals surface area contributed by atoms with E-state index in [0.29, 0.717) is 30.7 Å². The van der Waals surface area contributed by atoms with E-state index in [1.54, 1.807) is 0 Å². The van der Waals surface area contributed by atoms with Crippen LogP contribution in [0.1, 0.15) is 77.7 Å². The Labute approximate surface area is 182 Å². The maximum atomic E-state index is 13.2. The number of amides is 2. The van der Waals surface area contributed by atoms with Gasteiger partial charge in [0.25, 0.3) is 0 Å². The Morgan fingerprint density at radius 3 is 2.50 bits per heavy atom. The molecule has 4 nitrogen and oxygen atoms in total. The van der Waals surface area contributed by atoms with Gasteiger partial charge < -0.3 is 15.0 Å². The lowest BCUT2D eigenvalue weighted by atomic mass is 9.70. The predicted molar refractivity (Wildman–Crippen MR) is 123 cm³/mol. The highest BCUT2D eigenvalue weighted by molar-refractivity contribution is 5.90. The lowest BCUT2D eigenvalue weighted by Gasteiger charge is -2.39. The molecule has 166 valence electrons. The number of nitrogens with zero attached hydrogens (tertiary/aromatic N) is 1. The smallest absolute Gasteiger partial charge is 0.322 e. The fourth-order valence-electron chi connectivity index (χ4n) is 6.42. The number of carbonyl (C=O) groups is 1. The molecule has 3 saturated carbocycles. The third-order valence-corrected chi connectivity index (χ3v) is 9.03. The summed E-state index contributed by atoms with van der Waals surface area (Å²) in [6.45, 7) is 10.6. The van der Waals surface area contributed by atoms with Crippen LogP contribution in [0.4, 0.5) is 10.5 Å². The third kappa shape index (κ3) is 3.88. The monoisotopic (exact) mass is 412 g/mol. The number of ether oxygens (including phenoxy) is 1. The predicted octanol–water partition coefficient (Wildman–Crippen LogP) is 6.39. The van der Waals surface area contributed by atoms with Crippen molar-refractivity contribution in [2.75, 3.05) is 18.5 Å². The van der Waals surface area contributed by atoms with Gasteiger partial charge in [0.05, 0.1) is 12.7 Å². The Balaban J connectivity index is 1.39. The van der Waals surface area contributed by atoms with E-state index in [-0.39, 0.29) is 11.4 Å². The highest BCUT2D eigenvalue weighted by Gasteiger charge is 2.61. The van der Waals surface area contributed by atoms with E-state index in [1.807, 2.05) is 31.2 Å². The summed E-state index contributed by atoms with van der Waals surface area (Å²) < 4.78 is 6.50. The van der Waals surface area contributed by atoms with E-state index in [4.69, 9.17) is 4.74 Å². The van der Waals surface area contributed by atoms with Crippen LogP contribution in [0.15, 0.2) is 24.3 Å². The van der Waals surface area contributed by atoms with Crippen molar-refractivity contribution in [3.8, 4) is 0 Å². The fraction of sp³-hybridized carbons (Fsp3) is 0.731. The molecule has 0 heterocycles. The van der Waals surface area contributed by atoms with E-state index >= 15 is 0 Å². The molecule has 2 bridgehead atoms. The Hall–Kier alpha value is -1.55. The number of hydrogen-bond acceptors (Lipinski definition) is 2. The van der Waals surface area contributed by atoms with Gasteiger partial charge in [-0.25, -0.2) is 4.79 Å². The SMILES string of the molecule is Cc1ccccc1NC(=O)N(CCO[C@H]1C[C@H]2CC[C@@]1(C)C2(C)C)C1CCCCC1. The van der Waals surface area contributed by atoms with Gasteiger partial charge in [-0.15, -0.1) is 0 Å². The molecule has 0 radical (unpaired) electrons. The number of hydrogen-bond donors (Lipinski definition) is 1. The average molecular weight is 413 g/mol. The first kappa shape index (κ1) is 21.7. The van der Waals surface area contributed by atoms with E-state index in [1.165, 1.54) is 38.5 Å². The van der Waals surface area contributed by atoms with Crippen LogP contribution in [0.2, 0.25) is 0 Å². The number of rotatable bonds is 6. The van der Waals surface area contributed by atoms with Crippen molar-refractivity contribution in [1.82, 2.24) is 4.90 Å². The van der Waals surface area contributed by atoms with E-state index in [0.717, 1.165) is 30.0 Å². The number of benzene rings is 1. The second kappa shape index (κ2) is 8.53. The summed E-state index contributed by atoms with van der Waals surface area (Å²) in [5, 5.41) is 3.17. The Morgan fingerprint density at radius 2 is 1.87 bits per heavy atom. The molecule has 0 saturated heterocycles. The lowest BCUT2D eigenvalue weighted by Crippen LogP contribution is -2.46. The van der Waals surface area contributed by atoms with Crippen LogP contribution >= 0.6 is 0 Å². The van der Waals surface area contributed by atoms with E-state index in [2.05, 4.69) is 31.0 Å². The van der Waals surface area contributed by atoms with Crippen LogP contribution < -0.4 is 5.32 Å². The number of aryl methyl sites for hydroxylation is 1. The van der Waals surface area contributed by atoms with Crippen molar-refractivity contribution >= 4 is 11.7 Å². The molecule has 2 amide bonds. The molecule has 1 aromatic carbocycles. The van der Waals surface area contributed by atoms with Gasteiger partial charge in [0, 0.05) is 18.3 Å². The topological polar surface area (TPSA) is 41.6 Å². The maximum Gasteiger partial charge on any atom is 0.322 e. The van der Waals surface area contributed by atoms with Crippen LogP contribution in [0, 0.1) is 23.7 Å². The molecule has 3 aliphatic carbocycles. The van der Waals surface area contributed by atoms with Crippen molar-refractivity contribution in [2.45, 2.75) is 91.2 Å². The molecule has 0 spiro atoms. The minimum atomic E-state index is 0.0271. The molecule has 3 atom stereocenters. The number of anilines is 1. The molecule has 1 N–H and O–H groups in total. The van der Waals surface area contributed by atoms with Crippen molar-refractivity contribution < 1.29 is 9.53 Å². The highest BCUT2D eigenvalue weighted by atomic mass is 16.5. The third-order valence-electron chi connectivity index (χ3n) is 9.03. The molecule has 1 aromatic rings. The maximum absolute atomic E-state index is 13.2. The van der Waals surface area contributed by atoms with Gasteiger partial charge in [0.2, 0.25) is 0 Å². The van der Waals surface area contributed by atoms with Crippen molar-refractivity contribution in [3.05, 3.63) is 29.8 Å². The largest absolute Gasteiger partial charge is 0.376 e. The summed E-state index contributed by atoms with van der Waals surface area (Å²) in [5.74, 6) is 0.784. The number of urea groups is 1. The van der Waals surface area contributed by atoms with Gasteiger partial charge in [0.15, 0.2) is 0 Å². The van der Waals surface area contributed by atoms with Crippen LogP contribution in [0.3, 0.4) is 0 Å². The molecule has 0 unspecified atom stereocenters. The summed E-state index contributed by atoms with van der Waals surface area (Å²) in [7, 11) is 0. The zero-order chi connectivity index (χ0) is 21.4. The molecule has 4 heteroatoms. The molecular formula is C26H40N2O2. The molecular weight excluding hydrogens is 372 g/mol. The minimum absolute atomic E-state index is 0.0271. The Bertz CT molecular complexity index is 755. The van der Waals surface area contributed by atoms with E-state index in [9.17, 15) is 4.79 Å². The molecule has 3 aliphatic rings. The lowest BCUT2D eigenvalue weighted by molar-refractivity contribution is -0.0517. The minimum Gasteiger partial charge on any atom is -0.376 e. The molecule has 30 heavy (non-hydrogen) atoms.